The minimum absolute atomic E-state index is 0.0794. The van der Waals surface area contributed by atoms with Gasteiger partial charge in [0.05, 0.1) is 5.69 Å². The number of hydrogen-bond acceptors (Lipinski definition) is 3. The highest BCUT2D eigenvalue weighted by Gasteiger charge is 2.07. The van der Waals surface area contributed by atoms with Crippen LogP contribution in [-0.4, -0.2) is 22.7 Å². The molecule has 0 saturated carbocycles. The number of anilines is 1. The van der Waals surface area contributed by atoms with Crippen molar-refractivity contribution in [1.82, 2.24) is 15.1 Å². The van der Waals surface area contributed by atoms with E-state index >= 15 is 0 Å². The highest BCUT2D eigenvalue weighted by atomic mass is 16.1. The lowest BCUT2D eigenvalue weighted by molar-refractivity contribution is 0.0963. The molecule has 5 heteroatoms. The molecule has 0 saturated heterocycles. The minimum Gasteiger partial charge on any atom is -0.381 e. The van der Waals surface area contributed by atoms with Crippen LogP contribution >= 0.6 is 0 Å². The molecule has 1 heterocycles. The first kappa shape index (κ1) is 14.1. The van der Waals surface area contributed by atoms with Crippen molar-refractivity contribution in [3.8, 4) is 0 Å². The topological polar surface area (TPSA) is 59.0 Å². The van der Waals surface area contributed by atoms with Crippen molar-refractivity contribution >= 4 is 11.6 Å². The molecule has 0 unspecified atom stereocenters. The monoisotopic (exact) mass is 272 g/mol. The first-order valence-corrected chi connectivity index (χ1v) is 6.71. The number of aromatic nitrogens is 2. The van der Waals surface area contributed by atoms with Crippen LogP contribution in [0.1, 0.15) is 28.5 Å². The summed E-state index contributed by atoms with van der Waals surface area (Å²) >= 11 is 0. The van der Waals surface area contributed by atoms with Crippen molar-refractivity contribution in [1.29, 1.82) is 0 Å². The van der Waals surface area contributed by atoms with Gasteiger partial charge >= 0.3 is 0 Å². The highest BCUT2D eigenvalue weighted by Crippen LogP contribution is 2.14. The molecule has 0 aliphatic rings. The Balaban J connectivity index is 2.09. The van der Waals surface area contributed by atoms with Gasteiger partial charge in [0, 0.05) is 43.7 Å². The zero-order valence-corrected chi connectivity index (χ0v) is 12.1. The number of carbonyl (C=O) groups is 1. The maximum Gasteiger partial charge on any atom is 0.251 e. The average Bonchev–Trinajstić information content (AvgIpc) is 2.84. The predicted octanol–water partition coefficient (Wildman–Crippen LogP) is 1.95. The van der Waals surface area contributed by atoms with Crippen LogP contribution in [0.3, 0.4) is 0 Å². The smallest absolute Gasteiger partial charge is 0.251 e. The van der Waals surface area contributed by atoms with Crippen molar-refractivity contribution in [2.24, 2.45) is 7.05 Å². The summed E-state index contributed by atoms with van der Waals surface area (Å²) < 4.78 is 1.83. The van der Waals surface area contributed by atoms with Gasteiger partial charge in [-0.05, 0) is 24.6 Å². The van der Waals surface area contributed by atoms with Gasteiger partial charge < -0.3 is 10.6 Å². The summed E-state index contributed by atoms with van der Waals surface area (Å²) in [7, 11) is 3.56. The number of nitrogens with one attached hydrogen (secondary N) is 2. The number of hydrogen-bond donors (Lipinski definition) is 2. The Morgan fingerprint density at radius 2 is 2.20 bits per heavy atom. The largest absolute Gasteiger partial charge is 0.381 e. The molecule has 0 aliphatic heterocycles. The molecule has 2 N–H and O–H groups in total. The van der Waals surface area contributed by atoms with Gasteiger partial charge in [-0.25, -0.2) is 0 Å². The SMILES string of the molecule is CCc1nn(C)cc1CNc1cccc(C(=O)NC)c1. The van der Waals surface area contributed by atoms with Gasteiger partial charge in [0.25, 0.3) is 5.91 Å². The second kappa shape index (κ2) is 6.23. The van der Waals surface area contributed by atoms with Crippen molar-refractivity contribution in [3.05, 3.63) is 47.3 Å². The Labute approximate surface area is 119 Å². The number of rotatable bonds is 5. The van der Waals surface area contributed by atoms with Gasteiger partial charge in [-0.3, -0.25) is 9.48 Å². The van der Waals surface area contributed by atoms with Crippen LogP contribution in [0.4, 0.5) is 5.69 Å². The van der Waals surface area contributed by atoms with E-state index in [2.05, 4.69) is 22.7 Å². The standard InChI is InChI=1S/C15H20N4O/c1-4-14-12(10-19(3)18-14)9-17-13-7-5-6-11(8-13)15(20)16-2/h5-8,10,17H,4,9H2,1-3H3,(H,16,20). The van der Waals surface area contributed by atoms with Gasteiger partial charge in [-0.15, -0.1) is 0 Å². The molecule has 1 amide bonds. The van der Waals surface area contributed by atoms with Crippen LogP contribution in [-0.2, 0) is 20.0 Å². The van der Waals surface area contributed by atoms with Crippen LogP contribution in [0, 0.1) is 0 Å². The summed E-state index contributed by atoms with van der Waals surface area (Å²) in [5.74, 6) is -0.0794. The fourth-order valence-corrected chi connectivity index (χ4v) is 2.14. The highest BCUT2D eigenvalue weighted by molar-refractivity contribution is 5.94. The van der Waals surface area contributed by atoms with E-state index in [4.69, 9.17) is 0 Å². The minimum atomic E-state index is -0.0794. The van der Waals surface area contributed by atoms with Gasteiger partial charge in [0.15, 0.2) is 0 Å². The van der Waals surface area contributed by atoms with Crippen molar-refractivity contribution in [3.63, 3.8) is 0 Å². The van der Waals surface area contributed by atoms with E-state index in [9.17, 15) is 4.79 Å². The number of nitrogens with zero attached hydrogens (tertiary/aromatic N) is 2. The summed E-state index contributed by atoms with van der Waals surface area (Å²) in [6.45, 7) is 2.80. The molecular weight excluding hydrogens is 252 g/mol. The Hall–Kier alpha value is -2.30. The Kier molecular flexibility index (Phi) is 4.40. The average molecular weight is 272 g/mol. The van der Waals surface area contributed by atoms with Crippen molar-refractivity contribution < 1.29 is 4.79 Å². The molecule has 0 spiro atoms. The van der Waals surface area contributed by atoms with Crippen LogP contribution in [0.2, 0.25) is 0 Å². The summed E-state index contributed by atoms with van der Waals surface area (Å²) in [6, 6.07) is 7.47. The van der Waals surface area contributed by atoms with Crippen molar-refractivity contribution in [2.75, 3.05) is 12.4 Å². The molecule has 2 aromatic rings. The zero-order chi connectivity index (χ0) is 14.5. The summed E-state index contributed by atoms with van der Waals surface area (Å²) in [5.41, 5.74) is 3.86. The predicted molar refractivity (Wildman–Crippen MR) is 79.7 cm³/mol. The molecule has 1 aromatic heterocycles. The fourth-order valence-electron chi connectivity index (χ4n) is 2.14. The lowest BCUT2D eigenvalue weighted by atomic mass is 10.1. The van der Waals surface area contributed by atoms with Gasteiger partial charge in [0.1, 0.15) is 0 Å². The van der Waals surface area contributed by atoms with Gasteiger partial charge in [0.2, 0.25) is 0 Å². The first-order chi connectivity index (χ1) is 9.63. The molecule has 0 radical (unpaired) electrons. The molecule has 0 aliphatic carbocycles. The second-order valence-corrected chi connectivity index (χ2v) is 4.64. The van der Waals surface area contributed by atoms with Crippen LogP contribution in [0.5, 0.6) is 0 Å². The second-order valence-electron chi connectivity index (χ2n) is 4.64. The lowest BCUT2D eigenvalue weighted by Gasteiger charge is -2.07. The molecule has 0 fully saturated rings. The number of carbonyl (C=O) groups excluding carboxylic acids is 1. The molecular formula is C15H20N4O. The normalized spacial score (nSPS) is 10.3. The van der Waals surface area contributed by atoms with Crippen LogP contribution < -0.4 is 10.6 Å². The molecule has 20 heavy (non-hydrogen) atoms. The third-order valence-corrected chi connectivity index (χ3v) is 3.16. The molecule has 0 atom stereocenters. The quantitative estimate of drug-likeness (QED) is 0.874. The van der Waals surface area contributed by atoms with E-state index < -0.39 is 0 Å². The Morgan fingerprint density at radius 3 is 2.90 bits per heavy atom. The molecule has 0 bridgehead atoms. The van der Waals surface area contributed by atoms with E-state index in [-0.39, 0.29) is 5.91 Å². The van der Waals surface area contributed by atoms with E-state index in [1.807, 2.05) is 36.1 Å². The van der Waals surface area contributed by atoms with Crippen LogP contribution in [0.15, 0.2) is 30.5 Å². The first-order valence-electron chi connectivity index (χ1n) is 6.71. The maximum absolute atomic E-state index is 11.6. The van der Waals surface area contributed by atoms with Gasteiger partial charge in [-0.1, -0.05) is 13.0 Å². The van der Waals surface area contributed by atoms with E-state index in [0.29, 0.717) is 12.1 Å². The summed E-state index contributed by atoms with van der Waals surface area (Å²) in [5, 5.41) is 10.4. The van der Waals surface area contributed by atoms with Crippen LogP contribution in [0.25, 0.3) is 0 Å². The summed E-state index contributed by atoms with van der Waals surface area (Å²) in [6.07, 6.45) is 2.94. The molecule has 1 aromatic carbocycles. The fraction of sp³-hybridized carbons (Fsp3) is 0.333. The van der Waals surface area contributed by atoms with E-state index in [1.54, 1.807) is 13.1 Å². The number of amides is 1. The third-order valence-electron chi connectivity index (χ3n) is 3.16. The summed E-state index contributed by atoms with van der Waals surface area (Å²) in [4.78, 5) is 11.6. The Bertz CT molecular complexity index is 604. The lowest BCUT2D eigenvalue weighted by Crippen LogP contribution is -2.17. The van der Waals surface area contributed by atoms with E-state index in [1.165, 1.54) is 5.56 Å². The zero-order valence-electron chi connectivity index (χ0n) is 12.1. The Morgan fingerprint density at radius 1 is 1.40 bits per heavy atom. The molecule has 106 valence electrons. The third kappa shape index (κ3) is 3.17. The van der Waals surface area contributed by atoms with Crippen molar-refractivity contribution in [2.45, 2.75) is 19.9 Å². The van der Waals surface area contributed by atoms with E-state index in [0.717, 1.165) is 17.8 Å². The molecule has 2 rings (SSSR count). The maximum atomic E-state index is 11.6. The van der Waals surface area contributed by atoms with Gasteiger partial charge in [-0.2, -0.15) is 5.10 Å². The molecule has 5 nitrogen and oxygen atoms in total. The number of aryl methyl sites for hydroxylation is 2. The number of benzene rings is 1.